The van der Waals surface area contributed by atoms with Crippen LogP contribution in [0.15, 0.2) is 53.0 Å². The van der Waals surface area contributed by atoms with Crippen molar-refractivity contribution in [1.82, 2.24) is 0 Å². The van der Waals surface area contributed by atoms with Gasteiger partial charge in [-0.2, -0.15) is 0 Å². The largest absolute Gasteiger partial charge is 0.381 e. The lowest BCUT2D eigenvalue weighted by molar-refractivity contribution is 0.928. The number of hydrogen-bond donors (Lipinski definition) is 1. The molecule has 0 saturated heterocycles. The van der Waals surface area contributed by atoms with Crippen LogP contribution in [0.5, 0.6) is 0 Å². The number of anilines is 1. The third-order valence-corrected chi connectivity index (χ3v) is 3.67. The van der Waals surface area contributed by atoms with Crippen molar-refractivity contribution in [3.8, 4) is 0 Å². The standard InChI is InChI=1S/C16H17BrClN/c17-15-7-1-5-14(10-15)12-19-16-8-2-4-13(11-16)6-3-9-18/h1-2,4-5,7-8,10-11,19H,3,6,9,12H2. The van der Waals surface area contributed by atoms with E-state index in [2.05, 4.69) is 63.7 Å². The normalized spacial score (nSPS) is 10.4. The molecule has 0 radical (unpaired) electrons. The minimum absolute atomic E-state index is 0.718. The first-order valence-corrected chi connectivity index (χ1v) is 7.74. The van der Waals surface area contributed by atoms with Gasteiger partial charge < -0.3 is 5.32 Å². The second-order valence-corrected chi connectivity index (χ2v) is 5.77. The Kier molecular flexibility index (Phi) is 5.74. The average molecular weight is 339 g/mol. The fourth-order valence-corrected chi connectivity index (χ4v) is 2.54. The van der Waals surface area contributed by atoms with Crippen molar-refractivity contribution in [1.29, 1.82) is 0 Å². The van der Waals surface area contributed by atoms with E-state index in [9.17, 15) is 0 Å². The van der Waals surface area contributed by atoms with E-state index < -0.39 is 0 Å². The Labute approximate surface area is 128 Å². The molecule has 0 aliphatic heterocycles. The number of halogens is 2. The molecule has 0 saturated carbocycles. The summed E-state index contributed by atoms with van der Waals surface area (Å²) in [6.45, 7) is 0.832. The lowest BCUT2D eigenvalue weighted by atomic mass is 10.1. The first-order valence-electron chi connectivity index (χ1n) is 6.41. The lowest BCUT2D eigenvalue weighted by Gasteiger charge is -2.08. The van der Waals surface area contributed by atoms with Crippen molar-refractivity contribution in [2.45, 2.75) is 19.4 Å². The van der Waals surface area contributed by atoms with Crippen LogP contribution in [0.4, 0.5) is 5.69 Å². The number of nitrogens with one attached hydrogen (secondary N) is 1. The van der Waals surface area contributed by atoms with Crippen molar-refractivity contribution in [3.05, 3.63) is 64.1 Å². The summed E-state index contributed by atoms with van der Waals surface area (Å²) in [5, 5.41) is 3.45. The molecule has 1 nitrogen and oxygen atoms in total. The zero-order valence-corrected chi connectivity index (χ0v) is 13.0. The molecule has 0 amide bonds. The van der Waals surface area contributed by atoms with Crippen molar-refractivity contribution >= 4 is 33.2 Å². The van der Waals surface area contributed by atoms with Gasteiger partial charge in [0.2, 0.25) is 0 Å². The molecule has 2 aromatic rings. The molecule has 0 aliphatic carbocycles. The Balaban J connectivity index is 1.95. The van der Waals surface area contributed by atoms with Gasteiger partial charge in [-0.15, -0.1) is 11.6 Å². The number of alkyl halides is 1. The summed E-state index contributed by atoms with van der Waals surface area (Å²) in [6, 6.07) is 16.9. The molecule has 2 aromatic carbocycles. The van der Waals surface area contributed by atoms with Crippen molar-refractivity contribution in [3.63, 3.8) is 0 Å². The molecule has 0 fully saturated rings. The van der Waals surface area contributed by atoms with E-state index in [0.717, 1.165) is 35.4 Å². The van der Waals surface area contributed by atoms with Gasteiger partial charge in [0.15, 0.2) is 0 Å². The zero-order valence-electron chi connectivity index (χ0n) is 10.7. The number of hydrogen-bond acceptors (Lipinski definition) is 1. The van der Waals surface area contributed by atoms with E-state index in [1.54, 1.807) is 0 Å². The quantitative estimate of drug-likeness (QED) is 0.711. The van der Waals surface area contributed by atoms with E-state index in [-0.39, 0.29) is 0 Å². The van der Waals surface area contributed by atoms with E-state index in [0.29, 0.717) is 0 Å². The van der Waals surface area contributed by atoms with Crippen molar-refractivity contribution in [2.24, 2.45) is 0 Å². The number of aryl methyl sites for hydroxylation is 1. The molecule has 0 aromatic heterocycles. The molecule has 0 aliphatic rings. The highest BCUT2D eigenvalue weighted by atomic mass is 79.9. The Morgan fingerprint density at radius 3 is 2.58 bits per heavy atom. The van der Waals surface area contributed by atoms with Crippen LogP contribution in [-0.2, 0) is 13.0 Å². The van der Waals surface area contributed by atoms with Gasteiger partial charge in [0.05, 0.1) is 0 Å². The van der Waals surface area contributed by atoms with Gasteiger partial charge in [0, 0.05) is 22.6 Å². The van der Waals surface area contributed by atoms with Crippen LogP contribution in [0.2, 0.25) is 0 Å². The Morgan fingerprint density at radius 1 is 1.00 bits per heavy atom. The number of rotatable bonds is 6. The van der Waals surface area contributed by atoms with Crippen LogP contribution in [0.1, 0.15) is 17.5 Å². The SMILES string of the molecule is ClCCCc1cccc(NCc2cccc(Br)c2)c1. The van der Waals surface area contributed by atoms with Crippen LogP contribution in [0, 0.1) is 0 Å². The van der Waals surface area contributed by atoms with Gasteiger partial charge in [-0.05, 0) is 48.2 Å². The summed E-state index contributed by atoms with van der Waals surface area (Å²) in [6.07, 6.45) is 2.06. The van der Waals surface area contributed by atoms with E-state index >= 15 is 0 Å². The molecule has 2 rings (SSSR count). The summed E-state index contributed by atoms with van der Waals surface area (Å²) >= 11 is 9.22. The van der Waals surface area contributed by atoms with Crippen LogP contribution in [0.25, 0.3) is 0 Å². The first kappa shape index (κ1) is 14.4. The van der Waals surface area contributed by atoms with Crippen LogP contribution < -0.4 is 5.32 Å². The minimum atomic E-state index is 0.718. The summed E-state index contributed by atoms with van der Waals surface area (Å²) in [4.78, 5) is 0. The summed E-state index contributed by atoms with van der Waals surface area (Å²) in [7, 11) is 0. The van der Waals surface area contributed by atoms with Crippen LogP contribution >= 0.6 is 27.5 Å². The topological polar surface area (TPSA) is 12.0 Å². The van der Waals surface area contributed by atoms with Gasteiger partial charge in [0.1, 0.15) is 0 Å². The van der Waals surface area contributed by atoms with E-state index in [1.165, 1.54) is 11.1 Å². The zero-order chi connectivity index (χ0) is 13.5. The highest BCUT2D eigenvalue weighted by Gasteiger charge is 1.97. The highest BCUT2D eigenvalue weighted by molar-refractivity contribution is 9.10. The van der Waals surface area contributed by atoms with E-state index in [1.807, 2.05) is 6.07 Å². The van der Waals surface area contributed by atoms with E-state index in [4.69, 9.17) is 11.6 Å². The summed E-state index contributed by atoms with van der Waals surface area (Å²) < 4.78 is 1.11. The molecule has 1 N–H and O–H groups in total. The molecule has 0 atom stereocenters. The Hall–Kier alpha value is -0.990. The average Bonchev–Trinajstić information content (AvgIpc) is 2.43. The second kappa shape index (κ2) is 7.56. The van der Waals surface area contributed by atoms with Gasteiger partial charge in [0.25, 0.3) is 0 Å². The molecule has 0 spiro atoms. The summed E-state index contributed by atoms with van der Waals surface area (Å²) in [5.74, 6) is 0.718. The second-order valence-electron chi connectivity index (χ2n) is 4.48. The molecule has 100 valence electrons. The van der Waals surface area contributed by atoms with Crippen LogP contribution in [0.3, 0.4) is 0 Å². The molecule has 0 heterocycles. The third-order valence-electron chi connectivity index (χ3n) is 2.91. The molecule has 0 unspecified atom stereocenters. The minimum Gasteiger partial charge on any atom is -0.381 e. The highest BCUT2D eigenvalue weighted by Crippen LogP contribution is 2.16. The molecular weight excluding hydrogens is 322 g/mol. The Morgan fingerprint density at radius 2 is 1.79 bits per heavy atom. The maximum absolute atomic E-state index is 5.73. The summed E-state index contributed by atoms with van der Waals surface area (Å²) in [5.41, 5.74) is 3.76. The smallest absolute Gasteiger partial charge is 0.0401 e. The van der Waals surface area contributed by atoms with Gasteiger partial charge in [-0.1, -0.05) is 40.2 Å². The monoisotopic (exact) mass is 337 g/mol. The molecule has 19 heavy (non-hydrogen) atoms. The molecule has 3 heteroatoms. The molecule has 0 bridgehead atoms. The predicted octanol–water partition coefficient (Wildman–Crippen LogP) is 5.23. The Bertz CT molecular complexity index is 528. The molecular formula is C16H17BrClN. The van der Waals surface area contributed by atoms with Crippen LogP contribution in [-0.4, -0.2) is 5.88 Å². The number of benzene rings is 2. The fourth-order valence-electron chi connectivity index (χ4n) is 1.96. The van der Waals surface area contributed by atoms with Crippen molar-refractivity contribution < 1.29 is 0 Å². The van der Waals surface area contributed by atoms with Gasteiger partial charge >= 0.3 is 0 Å². The third kappa shape index (κ3) is 4.88. The maximum atomic E-state index is 5.73. The maximum Gasteiger partial charge on any atom is 0.0401 e. The van der Waals surface area contributed by atoms with Gasteiger partial charge in [-0.3, -0.25) is 0 Å². The fraction of sp³-hybridized carbons (Fsp3) is 0.250. The lowest BCUT2D eigenvalue weighted by Crippen LogP contribution is -2.00. The van der Waals surface area contributed by atoms with Gasteiger partial charge in [-0.25, -0.2) is 0 Å². The predicted molar refractivity (Wildman–Crippen MR) is 87.0 cm³/mol. The first-order chi connectivity index (χ1) is 9.28. The van der Waals surface area contributed by atoms with Crippen molar-refractivity contribution in [2.75, 3.05) is 11.2 Å².